The Hall–Kier alpha value is -1.44. The largest absolute Gasteiger partial charge is 0.346 e. The molecule has 1 aromatic rings. The van der Waals surface area contributed by atoms with E-state index in [1.54, 1.807) is 11.3 Å². The lowest BCUT2D eigenvalue weighted by molar-refractivity contribution is -0.139. The maximum Gasteiger partial charge on any atom is 0.309 e. The molecule has 2 N–H and O–H groups in total. The Morgan fingerprint density at radius 2 is 1.92 bits per heavy atom. The Morgan fingerprint density at radius 3 is 2.56 bits per heavy atom. The summed E-state index contributed by atoms with van der Waals surface area (Å²) in [6, 6.07) is 2.41. The van der Waals surface area contributed by atoms with Crippen molar-refractivity contribution in [1.29, 1.82) is 0 Å². The second-order valence-electron chi connectivity index (χ2n) is 7.08. The quantitative estimate of drug-likeness (QED) is 0.771. The first-order chi connectivity index (χ1) is 12.1. The van der Waals surface area contributed by atoms with Gasteiger partial charge in [-0.15, -0.1) is 0 Å². The van der Waals surface area contributed by atoms with Gasteiger partial charge in [0.05, 0.1) is 6.04 Å². The molecule has 1 aliphatic carbocycles. The maximum absolute atomic E-state index is 12.2. The smallest absolute Gasteiger partial charge is 0.309 e. The van der Waals surface area contributed by atoms with Gasteiger partial charge in [-0.25, -0.2) is 0 Å². The van der Waals surface area contributed by atoms with Gasteiger partial charge in [0, 0.05) is 38.8 Å². The number of nitrogens with one attached hydrogen (secondary N) is 2. The zero-order valence-electron chi connectivity index (χ0n) is 14.9. The minimum Gasteiger partial charge on any atom is -0.346 e. The second-order valence-corrected chi connectivity index (χ2v) is 7.86. The fourth-order valence-corrected chi connectivity index (χ4v) is 4.35. The zero-order valence-corrected chi connectivity index (χ0v) is 15.7. The van der Waals surface area contributed by atoms with Crippen molar-refractivity contribution in [3.8, 4) is 0 Å². The molecule has 0 aromatic carbocycles. The molecule has 1 aliphatic heterocycles. The number of carbonyl (C=O) groups excluding carboxylic acids is 2. The SMILES string of the molecule is CN1CCN([C@H](CNC(=O)C(=O)NC2CCCC2)c2ccsc2)CC1. The van der Waals surface area contributed by atoms with E-state index in [4.69, 9.17) is 0 Å². The molecule has 2 amide bonds. The van der Waals surface area contributed by atoms with Gasteiger partial charge >= 0.3 is 11.8 Å². The number of piperazine rings is 1. The standard InChI is InChI=1S/C18H28N4O2S/c1-21-7-9-22(10-8-21)16(14-6-11-25-13-14)12-19-17(23)18(24)20-15-4-2-3-5-15/h6,11,13,15-16H,2-5,7-10,12H2,1H3,(H,19,23)(H,20,24)/t16-/m1/s1. The van der Waals surface area contributed by atoms with Crippen molar-refractivity contribution in [1.82, 2.24) is 20.4 Å². The minimum absolute atomic E-state index is 0.128. The van der Waals surface area contributed by atoms with E-state index in [1.807, 2.05) is 0 Å². The molecule has 6 nitrogen and oxygen atoms in total. The molecule has 7 heteroatoms. The van der Waals surface area contributed by atoms with Crippen LogP contribution in [0.5, 0.6) is 0 Å². The van der Waals surface area contributed by atoms with Crippen molar-refractivity contribution in [2.24, 2.45) is 0 Å². The number of rotatable bonds is 5. The molecule has 3 rings (SSSR count). The van der Waals surface area contributed by atoms with Crippen LogP contribution >= 0.6 is 11.3 Å². The van der Waals surface area contributed by atoms with Gasteiger partial charge in [-0.2, -0.15) is 11.3 Å². The van der Waals surface area contributed by atoms with Gasteiger partial charge < -0.3 is 15.5 Å². The second kappa shape index (κ2) is 8.78. The van der Waals surface area contributed by atoms with E-state index in [2.05, 4.69) is 44.3 Å². The van der Waals surface area contributed by atoms with Crippen molar-refractivity contribution in [3.63, 3.8) is 0 Å². The summed E-state index contributed by atoms with van der Waals surface area (Å²) in [4.78, 5) is 29.0. The van der Waals surface area contributed by atoms with Crippen LogP contribution in [0.15, 0.2) is 16.8 Å². The van der Waals surface area contributed by atoms with Crippen LogP contribution in [0.25, 0.3) is 0 Å². The third kappa shape index (κ3) is 5.03. The molecule has 1 saturated heterocycles. The summed E-state index contributed by atoms with van der Waals surface area (Å²) in [5.41, 5.74) is 1.21. The molecule has 2 heterocycles. The van der Waals surface area contributed by atoms with E-state index < -0.39 is 11.8 Å². The third-order valence-corrected chi connectivity index (χ3v) is 5.96. The highest BCUT2D eigenvalue weighted by Crippen LogP contribution is 2.23. The minimum atomic E-state index is -0.513. The van der Waals surface area contributed by atoms with Crippen molar-refractivity contribution in [2.75, 3.05) is 39.8 Å². The Balaban J connectivity index is 1.54. The fourth-order valence-electron chi connectivity index (χ4n) is 3.65. The molecular weight excluding hydrogens is 336 g/mol. The summed E-state index contributed by atoms with van der Waals surface area (Å²) in [5.74, 6) is -1.00. The van der Waals surface area contributed by atoms with Gasteiger partial charge in [0.15, 0.2) is 0 Å². The molecule has 2 aliphatic rings. The Bertz CT molecular complexity index is 564. The van der Waals surface area contributed by atoms with E-state index in [0.29, 0.717) is 6.54 Å². The average Bonchev–Trinajstić information content (AvgIpc) is 3.30. The first-order valence-corrected chi connectivity index (χ1v) is 10.1. The molecule has 0 bridgehead atoms. The molecule has 0 radical (unpaired) electrons. The summed E-state index contributed by atoms with van der Waals surface area (Å²) in [6.07, 6.45) is 4.24. The Morgan fingerprint density at radius 1 is 1.20 bits per heavy atom. The number of thiophene rings is 1. The first kappa shape index (κ1) is 18.4. The van der Waals surface area contributed by atoms with Gasteiger partial charge in [0.25, 0.3) is 0 Å². The summed E-state index contributed by atoms with van der Waals surface area (Å²) >= 11 is 1.67. The highest BCUT2D eigenvalue weighted by molar-refractivity contribution is 7.07. The van der Waals surface area contributed by atoms with E-state index in [-0.39, 0.29) is 12.1 Å². The van der Waals surface area contributed by atoms with Gasteiger partial charge in [-0.05, 0) is 42.3 Å². The van der Waals surface area contributed by atoms with E-state index in [0.717, 1.165) is 51.9 Å². The molecule has 2 fully saturated rings. The highest BCUT2D eigenvalue weighted by Gasteiger charge is 2.26. The summed E-state index contributed by atoms with van der Waals surface area (Å²) < 4.78 is 0. The first-order valence-electron chi connectivity index (χ1n) is 9.17. The Kier molecular flexibility index (Phi) is 6.45. The van der Waals surface area contributed by atoms with Crippen molar-refractivity contribution >= 4 is 23.2 Å². The van der Waals surface area contributed by atoms with Crippen LogP contribution in [0.3, 0.4) is 0 Å². The molecular formula is C18H28N4O2S. The van der Waals surface area contributed by atoms with Crippen LogP contribution in [0.4, 0.5) is 0 Å². The summed E-state index contributed by atoms with van der Waals surface area (Å²) in [6.45, 7) is 4.47. The normalized spacial score (nSPS) is 21.2. The lowest BCUT2D eigenvalue weighted by atomic mass is 10.1. The zero-order chi connectivity index (χ0) is 17.6. The molecule has 138 valence electrons. The number of carbonyl (C=O) groups is 2. The van der Waals surface area contributed by atoms with Gasteiger partial charge in [-0.1, -0.05) is 12.8 Å². The molecule has 1 aromatic heterocycles. The van der Waals surface area contributed by atoms with Crippen LogP contribution in [0, 0.1) is 0 Å². The van der Waals surface area contributed by atoms with Gasteiger partial charge in [0.2, 0.25) is 0 Å². The van der Waals surface area contributed by atoms with Crippen LogP contribution < -0.4 is 10.6 Å². The van der Waals surface area contributed by atoms with Crippen molar-refractivity contribution in [2.45, 2.75) is 37.8 Å². The van der Waals surface area contributed by atoms with Crippen molar-refractivity contribution < 1.29 is 9.59 Å². The Labute approximate surface area is 153 Å². The predicted octanol–water partition coefficient (Wildman–Crippen LogP) is 1.21. The molecule has 1 atom stereocenters. The van der Waals surface area contributed by atoms with E-state index >= 15 is 0 Å². The lowest BCUT2D eigenvalue weighted by Gasteiger charge is -2.37. The van der Waals surface area contributed by atoms with Crippen LogP contribution in [-0.2, 0) is 9.59 Å². The van der Waals surface area contributed by atoms with Gasteiger partial charge in [0.1, 0.15) is 0 Å². The average molecular weight is 365 g/mol. The van der Waals surface area contributed by atoms with Crippen LogP contribution in [-0.4, -0.2) is 67.4 Å². The number of hydrogen-bond acceptors (Lipinski definition) is 5. The maximum atomic E-state index is 12.2. The molecule has 25 heavy (non-hydrogen) atoms. The number of likely N-dealkylation sites (N-methyl/N-ethyl adjacent to an activating group) is 1. The molecule has 0 unspecified atom stereocenters. The van der Waals surface area contributed by atoms with Gasteiger partial charge in [-0.3, -0.25) is 14.5 Å². The number of amides is 2. The van der Waals surface area contributed by atoms with E-state index in [9.17, 15) is 9.59 Å². The molecule has 1 saturated carbocycles. The fraction of sp³-hybridized carbons (Fsp3) is 0.667. The topological polar surface area (TPSA) is 64.7 Å². The number of nitrogens with zero attached hydrogens (tertiary/aromatic N) is 2. The summed E-state index contributed by atoms with van der Waals surface area (Å²) in [5, 5.41) is 9.90. The predicted molar refractivity (Wildman–Crippen MR) is 99.5 cm³/mol. The summed E-state index contributed by atoms with van der Waals surface area (Å²) in [7, 11) is 2.13. The highest BCUT2D eigenvalue weighted by atomic mass is 32.1. The van der Waals surface area contributed by atoms with Crippen molar-refractivity contribution in [3.05, 3.63) is 22.4 Å². The number of hydrogen-bond donors (Lipinski definition) is 2. The van der Waals surface area contributed by atoms with Crippen LogP contribution in [0.2, 0.25) is 0 Å². The van der Waals surface area contributed by atoms with Crippen LogP contribution in [0.1, 0.15) is 37.3 Å². The third-order valence-electron chi connectivity index (χ3n) is 5.26. The van der Waals surface area contributed by atoms with E-state index in [1.165, 1.54) is 5.56 Å². The molecule has 0 spiro atoms. The lowest BCUT2D eigenvalue weighted by Crippen LogP contribution is -2.50. The monoisotopic (exact) mass is 364 g/mol.